The molecule has 0 saturated carbocycles. The third-order valence-electron chi connectivity index (χ3n) is 2.31. The van der Waals surface area contributed by atoms with Crippen LogP contribution in [-0.4, -0.2) is 31.2 Å². The van der Waals surface area contributed by atoms with Gasteiger partial charge in [0.2, 0.25) is 5.90 Å². The number of hydrogen-bond donors (Lipinski definition) is 1. The number of rotatable bonds is 3. The number of hydrazone groups is 1. The second-order valence-corrected chi connectivity index (χ2v) is 4.98. The minimum atomic E-state index is -4.29. The van der Waals surface area contributed by atoms with Gasteiger partial charge in [-0.15, -0.1) is 5.10 Å². The lowest BCUT2D eigenvalue weighted by atomic mass is 10.3. The van der Waals surface area contributed by atoms with Crippen LogP contribution in [-0.2, 0) is 24.4 Å². The second kappa shape index (κ2) is 4.78. The number of ether oxygens (including phenoxy) is 1. The third kappa shape index (κ3) is 2.77. The third-order valence-corrected chi connectivity index (χ3v) is 3.18. The average Bonchev–Trinajstić information content (AvgIpc) is 2.70. The molecule has 19 heavy (non-hydrogen) atoms. The number of anilines is 1. The molecule has 0 radical (unpaired) electrons. The van der Waals surface area contributed by atoms with Gasteiger partial charge in [-0.25, -0.2) is 0 Å². The van der Waals surface area contributed by atoms with Crippen LogP contribution in [0, 0.1) is 0 Å². The lowest BCUT2D eigenvalue weighted by Gasteiger charge is -2.10. The maximum atomic E-state index is 11.6. The standard InChI is InChI=1S/C10H8N2O6S/c13-6-18-9-5-10(14)12(11-9)7-1-3-8(4-2-7)19(15,16)17/h1-4,6H,5H2,(H,15,16,17). The van der Waals surface area contributed by atoms with Crippen LogP contribution in [0.2, 0.25) is 0 Å². The predicted octanol–water partition coefficient (Wildman–Crippen LogP) is 0.157. The molecule has 0 aliphatic carbocycles. The zero-order valence-corrected chi connectivity index (χ0v) is 10.2. The molecule has 0 bridgehead atoms. The largest absolute Gasteiger partial charge is 0.412 e. The minimum absolute atomic E-state index is 0.0427. The summed E-state index contributed by atoms with van der Waals surface area (Å²) in [6.07, 6.45) is -0.154. The highest BCUT2D eigenvalue weighted by atomic mass is 32.2. The highest BCUT2D eigenvalue weighted by Crippen LogP contribution is 2.22. The average molecular weight is 284 g/mol. The fraction of sp³-hybridized carbons (Fsp3) is 0.100. The smallest absolute Gasteiger partial charge is 0.299 e. The summed E-state index contributed by atoms with van der Waals surface area (Å²) in [5, 5.41) is 4.73. The molecule has 0 fully saturated rings. The van der Waals surface area contributed by atoms with Crippen LogP contribution in [0.3, 0.4) is 0 Å². The first-order valence-corrected chi connectivity index (χ1v) is 6.44. The molecule has 0 aromatic heterocycles. The summed E-state index contributed by atoms with van der Waals surface area (Å²) < 4.78 is 35.0. The highest BCUT2D eigenvalue weighted by Gasteiger charge is 2.26. The van der Waals surface area contributed by atoms with E-state index < -0.39 is 16.0 Å². The quantitative estimate of drug-likeness (QED) is 0.624. The number of carbonyl (C=O) groups excluding carboxylic acids is 2. The van der Waals surface area contributed by atoms with E-state index in [1.54, 1.807) is 0 Å². The molecule has 8 nitrogen and oxygen atoms in total. The highest BCUT2D eigenvalue weighted by molar-refractivity contribution is 7.85. The van der Waals surface area contributed by atoms with Crippen LogP contribution in [0.25, 0.3) is 0 Å². The first kappa shape index (κ1) is 13.2. The summed E-state index contributed by atoms with van der Waals surface area (Å²) in [5.74, 6) is -0.463. The molecular formula is C10H8N2O6S. The molecule has 0 saturated heterocycles. The van der Waals surface area contributed by atoms with Crippen molar-refractivity contribution >= 4 is 34.1 Å². The fourth-order valence-corrected chi connectivity index (χ4v) is 1.97. The number of amides is 1. The van der Waals surface area contributed by atoms with Crippen molar-refractivity contribution in [1.82, 2.24) is 0 Å². The molecule has 1 aliphatic rings. The Morgan fingerprint density at radius 3 is 2.47 bits per heavy atom. The zero-order chi connectivity index (χ0) is 14.0. The van der Waals surface area contributed by atoms with E-state index in [4.69, 9.17) is 4.55 Å². The minimum Gasteiger partial charge on any atom is -0.412 e. The van der Waals surface area contributed by atoms with Crippen molar-refractivity contribution in [3.05, 3.63) is 24.3 Å². The van der Waals surface area contributed by atoms with Gasteiger partial charge < -0.3 is 4.74 Å². The summed E-state index contributed by atoms with van der Waals surface area (Å²) in [7, 11) is -4.29. The molecule has 1 aromatic rings. The summed E-state index contributed by atoms with van der Waals surface area (Å²) in [4.78, 5) is 21.4. The molecule has 1 aliphatic heterocycles. The monoisotopic (exact) mass is 284 g/mol. The Balaban J connectivity index is 2.28. The van der Waals surface area contributed by atoms with Gasteiger partial charge >= 0.3 is 0 Å². The van der Waals surface area contributed by atoms with Gasteiger partial charge in [-0.05, 0) is 24.3 Å². The van der Waals surface area contributed by atoms with Crippen LogP contribution >= 0.6 is 0 Å². The normalized spacial score (nSPS) is 15.3. The SMILES string of the molecule is O=COC1=NN(c2ccc(S(=O)(=O)O)cc2)C(=O)C1. The van der Waals surface area contributed by atoms with E-state index in [0.29, 0.717) is 5.69 Å². The number of hydrogen-bond acceptors (Lipinski definition) is 6. The second-order valence-electron chi connectivity index (χ2n) is 3.56. The van der Waals surface area contributed by atoms with E-state index in [1.807, 2.05) is 0 Å². The zero-order valence-electron chi connectivity index (χ0n) is 9.38. The van der Waals surface area contributed by atoms with E-state index >= 15 is 0 Å². The van der Waals surface area contributed by atoms with Crippen molar-refractivity contribution in [2.24, 2.45) is 5.10 Å². The van der Waals surface area contributed by atoms with E-state index in [0.717, 1.165) is 17.1 Å². The Morgan fingerprint density at radius 2 is 1.95 bits per heavy atom. The van der Waals surface area contributed by atoms with Crippen molar-refractivity contribution in [2.45, 2.75) is 11.3 Å². The van der Waals surface area contributed by atoms with Gasteiger partial charge in [0.1, 0.15) is 6.42 Å². The summed E-state index contributed by atoms with van der Waals surface area (Å²) in [6, 6.07) is 4.86. The Bertz CT molecular complexity index is 649. The Kier molecular flexibility index (Phi) is 3.32. The van der Waals surface area contributed by atoms with Crippen LogP contribution in [0.4, 0.5) is 5.69 Å². The lowest BCUT2D eigenvalue weighted by Crippen LogP contribution is -2.19. The topological polar surface area (TPSA) is 113 Å². The number of carbonyl (C=O) groups is 2. The summed E-state index contributed by atoms with van der Waals surface area (Å²) in [6.45, 7) is 0.164. The summed E-state index contributed by atoms with van der Waals surface area (Å²) in [5.41, 5.74) is 0.293. The van der Waals surface area contributed by atoms with Crippen LogP contribution in [0.5, 0.6) is 0 Å². The molecule has 1 aromatic carbocycles. The molecule has 1 amide bonds. The van der Waals surface area contributed by atoms with Crippen molar-refractivity contribution in [1.29, 1.82) is 0 Å². The van der Waals surface area contributed by atoms with Crippen molar-refractivity contribution in [2.75, 3.05) is 5.01 Å². The van der Waals surface area contributed by atoms with Gasteiger partial charge in [-0.1, -0.05) is 0 Å². The Morgan fingerprint density at radius 1 is 1.32 bits per heavy atom. The van der Waals surface area contributed by atoms with E-state index in [2.05, 4.69) is 9.84 Å². The fourth-order valence-electron chi connectivity index (χ4n) is 1.49. The van der Waals surface area contributed by atoms with E-state index in [1.165, 1.54) is 12.1 Å². The van der Waals surface area contributed by atoms with Gasteiger partial charge in [0.15, 0.2) is 0 Å². The van der Waals surface area contributed by atoms with Gasteiger partial charge in [-0.2, -0.15) is 13.4 Å². The molecule has 9 heteroatoms. The molecule has 100 valence electrons. The molecule has 2 rings (SSSR count). The maximum Gasteiger partial charge on any atom is 0.299 e. The maximum absolute atomic E-state index is 11.6. The number of nitrogens with zero attached hydrogens (tertiary/aromatic N) is 2. The van der Waals surface area contributed by atoms with Crippen LogP contribution < -0.4 is 5.01 Å². The lowest BCUT2D eigenvalue weighted by molar-refractivity contribution is -0.121. The molecule has 1 N–H and O–H groups in total. The van der Waals surface area contributed by atoms with E-state index in [-0.39, 0.29) is 23.7 Å². The first-order chi connectivity index (χ1) is 8.91. The molecule has 0 unspecified atom stereocenters. The van der Waals surface area contributed by atoms with Crippen LogP contribution in [0.1, 0.15) is 6.42 Å². The van der Waals surface area contributed by atoms with Gasteiger partial charge in [-0.3, -0.25) is 14.1 Å². The van der Waals surface area contributed by atoms with Gasteiger partial charge in [0, 0.05) is 0 Å². The molecular weight excluding hydrogens is 276 g/mol. The Hall–Kier alpha value is -2.26. The van der Waals surface area contributed by atoms with Crippen molar-refractivity contribution in [3.8, 4) is 0 Å². The van der Waals surface area contributed by atoms with E-state index in [9.17, 15) is 18.0 Å². The molecule has 0 spiro atoms. The number of benzene rings is 1. The summed E-state index contributed by atoms with van der Waals surface area (Å²) >= 11 is 0. The van der Waals surface area contributed by atoms with Crippen molar-refractivity contribution in [3.63, 3.8) is 0 Å². The van der Waals surface area contributed by atoms with Crippen LogP contribution in [0.15, 0.2) is 34.3 Å². The molecule has 1 heterocycles. The first-order valence-electron chi connectivity index (χ1n) is 5.00. The van der Waals surface area contributed by atoms with Gasteiger partial charge in [0.05, 0.1) is 10.6 Å². The molecule has 0 atom stereocenters. The Labute approximate surface area is 108 Å². The predicted molar refractivity (Wildman–Crippen MR) is 62.9 cm³/mol. The van der Waals surface area contributed by atoms with Gasteiger partial charge in [0.25, 0.3) is 22.5 Å². The van der Waals surface area contributed by atoms with Crippen molar-refractivity contribution < 1.29 is 27.3 Å².